The number of rotatable bonds is 5. The van der Waals surface area contributed by atoms with E-state index in [1.54, 1.807) is 0 Å². The van der Waals surface area contributed by atoms with E-state index in [1.807, 2.05) is 18.2 Å². The van der Waals surface area contributed by atoms with E-state index in [-0.39, 0.29) is 5.41 Å². The molecule has 0 amide bonds. The van der Waals surface area contributed by atoms with Gasteiger partial charge in [0.1, 0.15) is 5.78 Å². The standard InChI is InChI=1S/C16H20O/c1-3-13(2)12-15(17)16(10-7-11-16)14-8-5-4-6-9-14/h4-6,8-9H,2-3,7,10-12H2,1H3. The highest BCUT2D eigenvalue weighted by Gasteiger charge is 2.44. The van der Waals surface area contributed by atoms with E-state index in [1.165, 1.54) is 12.0 Å². The molecule has 1 saturated carbocycles. The first-order valence-corrected chi connectivity index (χ1v) is 6.44. The van der Waals surface area contributed by atoms with Crippen molar-refractivity contribution in [3.8, 4) is 0 Å². The Morgan fingerprint density at radius 1 is 1.29 bits per heavy atom. The molecule has 90 valence electrons. The van der Waals surface area contributed by atoms with Crippen LogP contribution in [0.25, 0.3) is 0 Å². The predicted molar refractivity (Wildman–Crippen MR) is 71.0 cm³/mol. The van der Waals surface area contributed by atoms with Crippen molar-refractivity contribution in [2.45, 2.75) is 44.4 Å². The van der Waals surface area contributed by atoms with Crippen LogP contribution in [-0.2, 0) is 10.2 Å². The summed E-state index contributed by atoms with van der Waals surface area (Å²) < 4.78 is 0. The monoisotopic (exact) mass is 228 g/mol. The van der Waals surface area contributed by atoms with Crippen LogP contribution < -0.4 is 0 Å². The first-order valence-electron chi connectivity index (χ1n) is 6.44. The van der Waals surface area contributed by atoms with Crippen molar-refractivity contribution in [1.82, 2.24) is 0 Å². The average molecular weight is 228 g/mol. The molecule has 1 aromatic rings. The minimum Gasteiger partial charge on any atom is -0.298 e. The van der Waals surface area contributed by atoms with Gasteiger partial charge in [0.15, 0.2) is 0 Å². The molecule has 0 aromatic heterocycles. The molecule has 1 aromatic carbocycles. The van der Waals surface area contributed by atoms with E-state index in [4.69, 9.17) is 0 Å². The van der Waals surface area contributed by atoms with Gasteiger partial charge >= 0.3 is 0 Å². The SMILES string of the molecule is C=C(CC)CC(=O)C1(c2ccccc2)CCC1. The van der Waals surface area contributed by atoms with Crippen molar-refractivity contribution >= 4 is 5.78 Å². The molecule has 0 N–H and O–H groups in total. The molecular weight excluding hydrogens is 208 g/mol. The van der Waals surface area contributed by atoms with E-state index >= 15 is 0 Å². The van der Waals surface area contributed by atoms with Crippen LogP contribution in [0.3, 0.4) is 0 Å². The quantitative estimate of drug-likeness (QED) is 0.695. The largest absolute Gasteiger partial charge is 0.298 e. The summed E-state index contributed by atoms with van der Waals surface area (Å²) in [6.07, 6.45) is 4.63. The van der Waals surface area contributed by atoms with Crippen LogP contribution in [-0.4, -0.2) is 5.78 Å². The topological polar surface area (TPSA) is 17.1 Å². The van der Waals surface area contributed by atoms with Gasteiger partial charge < -0.3 is 0 Å². The summed E-state index contributed by atoms with van der Waals surface area (Å²) in [7, 11) is 0. The number of allylic oxidation sites excluding steroid dienone is 1. The van der Waals surface area contributed by atoms with Gasteiger partial charge in [0.25, 0.3) is 0 Å². The summed E-state index contributed by atoms with van der Waals surface area (Å²) in [6.45, 7) is 6.02. The third-order valence-corrected chi connectivity index (χ3v) is 3.98. The van der Waals surface area contributed by atoms with Gasteiger partial charge in [-0.1, -0.05) is 55.8 Å². The molecular formula is C16H20O. The maximum absolute atomic E-state index is 12.5. The highest BCUT2D eigenvalue weighted by Crippen LogP contribution is 2.45. The molecule has 0 heterocycles. The van der Waals surface area contributed by atoms with Crippen molar-refractivity contribution in [2.24, 2.45) is 0 Å². The van der Waals surface area contributed by atoms with E-state index in [0.29, 0.717) is 12.2 Å². The smallest absolute Gasteiger partial charge is 0.147 e. The summed E-state index contributed by atoms with van der Waals surface area (Å²) in [6, 6.07) is 10.2. The minimum absolute atomic E-state index is 0.195. The van der Waals surface area contributed by atoms with Crippen molar-refractivity contribution in [1.29, 1.82) is 0 Å². The van der Waals surface area contributed by atoms with E-state index < -0.39 is 0 Å². The van der Waals surface area contributed by atoms with Gasteiger partial charge in [0.2, 0.25) is 0 Å². The van der Waals surface area contributed by atoms with Gasteiger partial charge in [-0.3, -0.25) is 4.79 Å². The highest BCUT2D eigenvalue weighted by molar-refractivity contribution is 5.92. The Balaban J connectivity index is 2.21. The maximum atomic E-state index is 12.5. The fourth-order valence-electron chi connectivity index (χ4n) is 2.54. The van der Waals surface area contributed by atoms with Crippen LogP contribution in [0.1, 0.15) is 44.6 Å². The lowest BCUT2D eigenvalue weighted by Crippen LogP contribution is -2.42. The zero-order valence-corrected chi connectivity index (χ0v) is 10.5. The molecule has 1 fully saturated rings. The number of ketones is 1. The number of hydrogen-bond acceptors (Lipinski definition) is 1. The third kappa shape index (κ3) is 2.19. The van der Waals surface area contributed by atoms with Crippen molar-refractivity contribution in [2.75, 3.05) is 0 Å². The van der Waals surface area contributed by atoms with Crippen LogP contribution >= 0.6 is 0 Å². The summed E-state index contributed by atoms with van der Waals surface area (Å²) >= 11 is 0. The van der Waals surface area contributed by atoms with Crippen LogP contribution in [0.4, 0.5) is 0 Å². The summed E-state index contributed by atoms with van der Waals surface area (Å²) in [4.78, 5) is 12.5. The number of Topliss-reactive ketones (excluding diaryl/α,β-unsaturated/α-hetero) is 1. The maximum Gasteiger partial charge on any atom is 0.147 e. The molecule has 0 aliphatic heterocycles. The number of carbonyl (C=O) groups excluding carboxylic acids is 1. The fraction of sp³-hybridized carbons (Fsp3) is 0.438. The van der Waals surface area contributed by atoms with Crippen LogP contribution in [0.5, 0.6) is 0 Å². The van der Waals surface area contributed by atoms with Crippen molar-refractivity contribution < 1.29 is 4.79 Å². The zero-order valence-electron chi connectivity index (χ0n) is 10.5. The van der Waals surface area contributed by atoms with E-state index in [0.717, 1.165) is 24.8 Å². The molecule has 1 nitrogen and oxygen atoms in total. The Morgan fingerprint density at radius 2 is 1.94 bits per heavy atom. The first kappa shape index (κ1) is 12.1. The van der Waals surface area contributed by atoms with Gasteiger partial charge in [-0.25, -0.2) is 0 Å². The second-order valence-corrected chi connectivity index (χ2v) is 5.01. The molecule has 0 spiro atoms. The van der Waals surface area contributed by atoms with Crippen molar-refractivity contribution in [3.05, 3.63) is 48.0 Å². The predicted octanol–water partition coefficient (Wildman–Crippen LogP) is 4.03. The molecule has 1 aliphatic rings. The molecule has 1 aliphatic carbocycles. The van der Waals surface area contributed by atoms with Gasteiger partial charge in [-0.15, -0.1) is 0 Å². The summed E-state index contributed by atoms with van der Waals surface area (Å²) in [5.41, 5.74) is 2.05. The Labute approximate surface area is 104 Å². The Morgan fingerprint density at radius 3 is 2.41 bits per heavy atom. The Hall–Kier alpha value is -1.37. The molecule has 0 bridgehead atoms. The Bertz CT molecular complexity index is 412. The molecule has 0 saturated heterocycles. The second-order valence-electron chi connectivity index (χ2n) is 5.01. The summed E-state index contributed by atoms with van der Waals surface area (Å²) in [5, 5.41) is 0. The lowest BCUT2D eigenvalue weighted by Gasteiger charge is -2.41. The lowest BCUT2D eigenvalue weighted by molar-refractivity contribution is -0.127. The second kappa shape index (κ2) is 4.87. The van der Waals surface area contributed by atoms with Gasteiger partial charge in [0.05, 0.1) is 5.41 Å². The highest BCUT2D eigenvalue weighted by atomic mass is 16.1. The molecule has 17 heavy (non-hydrogen) atoms. The number of benzene rings is 1. The summed E-state index contributed by atoms with van der Waals surface area (Å²) in [5.74, 6) is 0.363. The van der Waals surface area contributed by atoms with Gasteiger partial charge in [-0.2, -0.15) is 0 Å². The molecule has 1 heteroatoms. The van der Waals surface area contributed by atoms with Crippen molar-refractivity contribution in [3.63, 3.8) is 0 Å². The lowest BCUT2D eigenvalue weighted by atomic mass is 9.61. The van der Waals surface area contributed by atoms with E-state index in [9.17, 15) is 4.79 Å². The molecule has 2 rings (SSSR count). The number of hydrogen-bond donors (Lipinski definition) is 0. The fourth-order valence-corrected chi connectivity index (χ4v) is 2.54. The Kier molecular flexibility index (Phi) is 3.46. The third-order valence-electron chi connectivity index (χ3n) is 3.98. The average Bonchev–Trinajstić information content (AvgIpc) is 2.28. The van der Waals surface area contributed by atoms with Crippen LogP contribution in [0.15, 0.2) is 42.5 Å². The molecule has 0 atom stereocenters. The molecule has 0 radical (unpaired) electrons. The normalized spacial score (nSPS) is 17.2. The van der Waals surface area contributed by atoms with Gasteiger partial charge in [-0.05, 0) is 24.8 Å². The zero-order chi connectivity index (χ0) is 12.3. The minimum atomic E-state index is -0.195. The molecule has 0 unspecified atom stereocenters. The van der Waals surface area contributed by atoms with Gasteiger partial charge in [0, 0.05) is 6.42 Å². The van der Waals surface area contributed by atoms with Crippen LogP contribution in [0.2, 0.25) is 0 Å². The first-order chi connectivity index (χ1) is 8.19. The van der Waals surface area contributed by atoms with E-state index in [2.05, 4.69) is 25.6 Å². The van der Waals surface area contributed by atoms with Crippen LogP contribution in [0, 0.1) is 0 Å². The number of carbonyl (C=O) groups is 1.